The van der Waals surface area contributed by atoms with Crippen molar-refractivity contribution in [3.05, 3.63) is 51.9 Å². The predicted molar refractivity (Wildman–Crippen MR) is 94.3 cm³/mol. The van der Waals surface area contributed by atoms with Gasteiger partial charge < -0.3 is 4.74 Å². The van der Waals surface area contributed by atoms with Crippen LogP contribution in [0.1, 0.15) is 11.3 Å². The highest BCUT2D eigenvalue weighted by Crippen LogP contribution is 2.31. The number of hydrogen-bond acceptors (Lipinski definition) is 6. The van der Waals surface area contributed by atoms with E-state index in [9.17, 15) is 4.79 Å². The van der Waals surface area contributed by atoms with Gasteiger partial charge >= 0.3 is 0 Å². The number of hydrogen-bond donors (Lipinski definition) is 0. The Labute approximate surface area is 141 Å². The minimum atomic E-state index is -0.190. The summed E-state index contributed by atoms with van der Waals surface area (Å²) in [4.78, 5) is 18.2. The van der Waals surface area contributed by atoms with Gasteiger partial charge in [0.25, 0.3) is 5.56 Å². The molecule has 3 heterocycles. The number of aryl methyl sites for hydroxylation is 2. The summed E-state index contributed by atoms with van der Waals surface area (Å²) >= 11 is 1.36. The lowest BCUT2D eigenvalue weighted by atomic mass is 10.1. The van der Waals surface area contributed by atoms with E-state index in [1.807, 2.05) is 19.9 Å². The van der Waals surface area contributed by atoms with Crippen LogP contribution in [0.15, 0.2) is 35.1 Å². The number of ether oxygens (including phenoxy) is 1. The first kappa shape index (κ1) is 14.8. The Morgan fingerprint density at radius 2 is 1.92 bits per heavy atom. The molecule has 0 radical (unpaired) electrons. The molecule has 24 heavy (non-hydrogen) atoms. The van der Waals surface area contributed by atoms with Crippen molar-refractivity contribution >= 4 is 31.8 Å². The second kappa shape index (κ2) is 5.38. The van der Waals surface area contributed by atoms with Gasteiger partial charge in [0.2, 0.25) is 0 Å². The van der Waals surface area contributed by atoms with Crippen LogP contribution in [0.3, 0.4) is 0 Å². The zero-order valence-corrected chi connectivity index (χ0v) is 14.2. The lowest BCUT2D eigenvalue weighted by Crippen LogP contribution is -2.21. The van der Waals surface area contributed by atoms with E-state index in [1.165, 1.54) is 16.0 Å². The summed E-state index contributed by atoms with van der Waals surface area (Å²) in [6.07, 6.45) is 0. The Bertz CT molecular complexity index is 1130. The standard InChI is InChI=1S/C17H14N4O2S/c1-9-8-10(2)18-16-13(9)14-15(24-16)17(22)21(20-19-14)11-4-6-12(23-3)7-5-11/h4-8H,1-3H3. The predicted octanol–water partition coefficient (Wildman–Crippen LogP) is 3.02. The normalized spacial score (nSPS) is 11.3. The summed E-state index contributed by atoms with van der Waals surface area (Å²) in [7, 11) is 1.60. The summed E-state index contributed by atoms with van der Waals surface area (Å²) in [6.45, 7) is 3.94. The van der Waals surface area contributed by atoms with E-state index in [4.69, 9.17) is 4.74 Å². The Hall–Kier alpha value is -2.80. The third-order valence-corrected chi connectivity index (χ3v) is 4.96. The lowest BCUT2D eigenvalue weighted by molar-refractivity contribution is 0.414. The van der Waals surface area contributed by atoms with Crippen LogP contribution in [0.5, 0.6) is 5.75 Å². The van der Waals surface area contributed by atoms with Crippen molar-refractivity contribution in [3.63, 3.8) is 0 Å². The molecule has 0 aliphatic heterocycles. The number of nitrogens with zero attached hydrogens (tertiary/aromatic N) is 4. The zero-order valence-electron chi connectivity index (χ0n) is 13.4. The maximum absolute atomic E-state index is 12.9. The molecule has 4 rings (SSSR count). The molecule has 120 valence electrons. The molecule has 0 aliphatic carbocycles. The van der Waals surface area contributed by atoms with E-state index in [1.54, 1.807) is 31.4 Å². The molecule has 6 nitrogen and oxygen atoms in total. The molecule has 0 aliphatic rings. The third kappa shape index (κ3) is 2.16. The van der Waals surface area contributed by atoms with Crippen molar-refractivity contribution in [2.24, 2.45) is 0 Å². The SMILES string of the molecule is COc1ccc(-n2nnc3c(sc4nc(C)cc(C)c43)c2=O)cc1. The number of methoxy groups -OCH3 is 1. The first-order chi connectivity index (χ1) is 11.6. The summed E-state index contributed by atoms with van der Waals surface area (Å²) in [5, 5.41) is 9.31. The Morgan fingerprint density at radius 3 is 2.62 bits per heavy atom. The molecule has 0 amide bonds. The largest absolute Gasteiger partial charge is 0.497 e. The number of benzene rings is 1. The van der Waals surface area contributed by atoms with E-state index < -0.39 is 0 Å². The molecule has 0 unspecified atom stereocenters. The molecule has 0 atom stereocenters. The van der Waals surface area contributed by atoms with Crippen LogP contribution in [0, 0.1) is 13.8 Å². The van der Waals surface area contributed by atoms with Gasteiger partial charge in [-0.15, -0.1) is 16.4 Å². The number of rotatable bonds is 2. The van der Waals surface area contributed by atoms with Gasteiger partial charge in [-0.05, 0) is 49.7 Å². The molecule has 0 fully saturated rings. The van der Waals surface area contributed by atoms with Crippen molar-refractivity contribution in [1.82, 2.24) is 20.0 Å². The van der Waals surface area contributed by atoms with E-state index in [2.05, 4.69) is 15.3 Å². The van der Waals surface area contributed by atoms with Crippen molar-refractivity contribution in [3.8, 4) is 11.4 Å². The van der Waals surface area contributed by atoms with Gasteiger partial charge in [0, 0.05) is 11.1 Å². The van der Waals surface area contributed by atoms with Gasteiger partial charge in [0.1, 0.15) is 20.8 Å². The van der Waals surface area contributed by atoms with Crippen molar-refractivity contribution in [1.29, 1.82) is 0 Å². The molecule has 0 saturated carbocycles. The first-order valence-corrected chi connectivity index (χ1v) is 8.21. The van der Waals surface area contributed by atoms with Gasteiger partial charge in [0.05, 0.1) is 12.8 Å². The molecule has 1 aromatic carbocycles. The first-order valence-electron chi connectivity index (χ1n) is 7.39. The number of aromatic nitrogens is 4. The maximum atomic E-state index is 12.9. The third-order valence-electron chi connectivity index (χ3n) is 3.90. The number of pyridine rings is 1. The van der Waals surface area contributed by atoms with Gasteiger partial charge in [-0.2, -0.15) is 4.68 Å². The molecule has 0 N–H and O–H groups in total. The van der Waals surface area contributed by atoms with Gasteiger partial charge in [-0.3, -0.25) is 4.79 Å². The van der Waals surface area contributed by atoms with E-state index in [0.717, 1.165) is 27.2 Å². The zero-order chi connectivity index (χ0) is 16.8. The quantitative estimate of drug-likeness (QED) is 0.562. The van der Waals surface area contributed by atoms with Crippen molar-refractivity contribution < 1.29 is 4.74 Å². The Balaban J connectivity index is 1.99. The summed E-state index contributed by atoms with van der Waals surface area (Å²) in [6, 6.07) is 9.12. The second-order valence-electron chi connectivity index (χ2n) is 5.54. The highest BCUT2D eigenvalue weighted by atomic mass is 32.1. The van der Waals surface area contributed by atoms with Crippen molar-refractivity contribution in [2.75, 3.05) is 7.11 Å². The fraction of sp³-hybridized carbons (Fsp3) is 0.176. The fourth-order valence-electron chi connectivity index (χ4n) is 2.78. The number of fused-ring (bicyclic) bond motifs is 3. The summed E-state index contributed by atoms with van der Waals surface area (Å²) < 4.78 is 7.01. The molecule has 3 aromatic heterocycles. The summed E-state index contributed by atoms with van der Waals surface area (Å²) in [5.41, 5.74) is 3.06. The monoisotopic (exact) mass is 338 g/mol. The van der Waals surface area contributed by atoms with Crippen LogP contribution in [-0.4, -0.2) is 27.1 Å². The second-order valence-corrected chi connectivity index (χ2v) is 6.54. The van der Waals surface area contributed by atoms with Crippen LogP contribution in [0.25, 0.3) is 26.1 Å². The topological polar surface area (TPSA) is 69.9 Å². The molecule has 7 heteroatoms. The molecular formula is C17H14N4O2S. The fourth-order valence-corrected chi connectivity index (χ4v) is 3.94. The Morgan fingerprint density at radius 1 is 1.17 bits per heavy atom. The molecule has 0 bridgehead atoms. The van der Waals surface area contributed by atoms with E-state index >= 15 is 0 Å². The summed E-state index contributed by atoms with van der Waals surface area (Å²) in [5.74, 6) is 0.720. The smallest absolute Gasteiger partial charge is 0.292 e. The van der Waals surface area contributed by atoms with Crippen LogP contribution < -0.4 is 10.3 Å². The van der Waals surface area contributed by atoms with E-state index in [-0.39, 0.29) is 5.56 Å². The van der Waals surface area contributed by atoms with Crippen LogP contribution in [0.2, 0.25) is 0 Å². The van der Waals surface area contributed by atoms with E-state index in [0.29, 0.717) is 15.9 Å². The van der Waals surface area contributed by atoms with Crippen molar-refractivity contribution in [2.45, 2.75) is 13.8 Å². The average Bonchev–Trinajstić information content (AvgIpc) is 2.95. The number of thiophene rings is 1. The minimum absolute atomic E-state index is 0.190. The van der Waals surface area contributed by atoms with Crippen LogP contribution in [-0.2, 0) is 0 Å². The minimum Gasteiger partial charge on any atom is -0.497 e. The van der Waals surface area contributed by atoms with Gasteiger partial charge in [0.15, 0.2) is 0 Å². The highest BCUT2D eigenvalue weighted by Gasteiger charge is 2.16. The highest BCUT2D eigenvalue weighted by molar-refractivity contribution is 7.25. The average molecular weight is 338 g/mol. The Kier molecular flexibility index (Phi) is 3.31. The van der Waals surface area contributed by atoms with Gasteiger partial charge in [-0.25, -0.2) is 4.98 Å². The van der Waals surface area contributed by atoms with Crippen LogP contribution >= 0.6 is 11.3 Å². The van der Waals surface area contributed by atoms with Crippen LogP contribution in [0.4, 0.5) is 0 Å². The molecular weight excluding hydrogens is 324 g/mol. The van der Waals surface area contributed by atoms with Gasteiger partial charge in [-0.1, -0.05) is 5.21 Å². The molecule has 0 spiro atoms. The maximum Gasteiger partial charge on any atom is 0.292 e. The molecule has 4 aromatic rings. The molecule has 0 saturated heterocycles. The lowest BCUT2D eigenvalue weighted by Gasteiger charge is -2.04.